The Balaban J connectivity index is 1.66. The molecular formula is C20H28BrClN2O5. The first-order valence-corrected chi connectivity index (χ1v) is 11.1. The van der Waals surface area contributed by atoms with Crippen molar-refractivity contribution >= 4 is 33.4 Å². The molecule has 0 spiro atoms. The predicted octanol–water partition coefficient (Wildman–Crippen LogP) is 2.71. The van der Waals surface area contributed by atoms with Crippen molar-refractivity contribution in [2.24, 2.45) is 5.92 Å². The van der Waals surface area contributed by atoms with E-state index < -0.39 is 0 Å². The Labute approximate surface area is 184 Å². The van der Waals surface area contributed by atoms with Crippen molar-refractivity contribution in [3.8, 4) is 11.5 Å². The minimum absolute atomic E-state index is 0.0351. The number of aliphatic hydroxyl groups excluding tert-OH is 1. The zero-order valence-corrected chi connectivity index (χ0v) is 18.9. The number of nitrogens with one attached hydrogen (secondary N) is 1. The summed E-state index contributed by atoms with van der Waals surface area (Å²) in [4.78, 5) is 15.2. The van der Waals surface area contributed by atoms with Gasteiger partial charge in [0.2, 0.25) is 0 Å². The first-order chi connectivity index (χ1) is 14.0. The van der Waals surface area contributed by atoms with Crippen LogP contribution >= 0.6 is 27.5 Å². The summed E-state index contributed by atoms with van der Waals surface area (Å²) in [7, 11) is 1.70. The molecule has 0 radical (unpaired) electrons. The minimum Gasteiger partial charge on any atom is -0.489 e. The summed E-state index contributed by atoms with van der Waals surface area (Å²) in [6.07, 6.45) is 2.45. The Bertz CT molecular complexity index is 721. The minimum atomic E-state index is -0.237. The van der Waals surface area contributed by atoms with Crippen LogP contribution in [0.5, 0.6) is 11.5 Å². The maximum Gasteiger partial charge on any atom is 0.255 e. The van der Waals surface area contributed by atoms with E-state index in [1.807, 2.05) is 0 Å². The highest BCUT2D eigenvalue weighted by Gasteiger charge is 2.30. The number of halogens is 2. The molecule has 0 aromatic heterocycles. The first-order valence-electron chi connectivity index (χ1n) is 9.97. The number of benzene rings is 1. The molecule has 162 valence electrons. The number of ether oxygens (including phenoxy) is 3. The molecule has 1 aromatic carbocycles. The van der Waals surface area contributed by atoms with Gasteiger partial charge in [0, 0.05) is 45.7 Å². The number of hydrogen-bond donors (Lipinski definition) is 2. The molecule has 2 aliphatic heterocycles. The third kappa shape index (κ3) is 5.55. The standard InChI is InChI=1S/C20H28BrClN2O5/c1-27-16-12-24(5-2-7-25)6-4-13(16)11-23-20(26)14-10-15(22)17(21)19-18(14)28-8-3-9-29-19/h10,13,16,25H,2-9,11-12H2,1H3,(H,23,26). The lowest BCUT2D eigenvalue weighted by Crippen LogP contribution is -2.48. The van der Waals surface area contributed by atoms with Crippen LogP contribution in [-0.4, -0.2) is 75.1 Å². The molecule has 2 unspecified atom stereocenters. The van der Waals surface area contributed by atoms with Crippen molar-refractivity contribution in [1.82, 2.24) is 10.2 Å². The molecule has 3 rings (SSSR count). The largest absolute Gasteiger partial charge is 0.489 e. The molecule has 1 amide bonds. The van der Waals surface area contributed by atoms with E-state index >= 15 is 0 Å². The van der Waals surface area contributed by atoms with Gasteiger partial charge in [-0.1, -0.05) is 11.6 Å². The fourth-order valence-electron chi connectivity index (χ4n) is 3.78. The van der Waals surface area contributed by atoms with E-state index in [1.165, 1.54) is 0 Å². The lowest BCUT2D eigenvalue weighted by molar-refractivity contribution is -0.0116. The van der Waals surface area contributed by atoms with Gasteiger partial charge in [-0.15, -0.1) is 0 Å². The average molecular weight is 492 g/mol. The Hall–Kier alpha value is -1.06. The van der Waals surface area contributed by atoms with Crippen molar-refractivity contribution in [2.45, 2.75) is 25.4 Å². The van der Waals surface area contributed by atoms with E-state index in [0.29, 0.717) is 46.3 Å². The summed E-state index contributed by atoms with van der Waals surface area (Å²) >= 11 is 9.72. The van der Waals surface area contributed by atoms with Crippen LogP contribution in [0.15, 0.2) is 10.5 Å². The third-order valence-electron chi connectivity index (χ3n) is 5.40. The van der Waals surface area contributed by atoms with Crippen LogP contribution in [0.2, 0.25) is 5.02 Å². The second-order valence-corrected chi connectivity index (χ2v) is 8.54. The number of carbonyl (C=O) groups excluding carboxylic acids is 1. The van der Waals surface area contributed by atoms with Crippen LogP contribution in [0.4, 0.5) is 0 Å². The smallest absolute Gasteiger partial charge is 0.255 e. The van der Waals surface area contributed by atoms with Gasteiger partial charge in [0.15, 0.2) is 11.5 Å². The molecule has 2 aliphatic rings. The van der Waals surface area contributed by atoms with Crippen LogP contribution in [0, 0.1) is 5.92 Å². The summed E-state index contributed by atoms with van der Waals surface area (Å²) in [5.41, 5.74) is 0.379. The van der Waals surface area contributed by atoms with E-state index in [0.717, 1.165) is 38.9 Å². The van der Waals surface area contributed by atoms with Crippen molar-refractivity contribution in [2.75, 3.05) is 53.1 Å². The molecule has 0 aliphatic carbocycles. The van der Waals surface area contributed by atoms with Crippen LogP contribution < -0.4 is 14.8 Å². The quantitative estimate of drug-likeness (QED) is 0.610. The normalized spacial score (nSPS) is 22.2. The van der Waals surface area contributed by atoms with Crippen molar-refractivity contribution in [3.05, 3.63) is 21.1 Å². The molecular weight excluding hydrogens is 464 g/mol. The molecule has 1 saturated heterocycles. The number of piperidine rings is 1. The highest BCUT2D eigenvalue weighted by molar-refractivity contribution is 9.10. The van der Waals surface area contributed by atoms with Gasteiger partial charge in [-0.05, 0) is 41.4 Å². The van der Waals surface area contributed by atoms with E-state index in [-0.39, 0.29) is 24.5 Å². The van der Waals surface area contributed by atoms with Crippen molar-refractivity contribution < 1.29 is 24.1 Å². The van der Waals surface area contributed by atoms with Gasteiger partial charge in [-0.25, -0.2) is 0 Å². The Kier molecular flexibility index (Phi) is 8.44. The monoisotopic (exact) mass is 490 g/mol. The first kappa shape index (κ1) is 22.6. The number of carbonyl (C=O) groups is 1. The molecule has 29 heavy (non-hydrogen) atoms. The molecule has 1 fully saturated rings. The van der Waals surface area contributed by atoms with Gasteiger partial charge in [0.25, 0.3) is 5.91 Å². The number of fused-ring (bicyclic) bond motifs is 1. The number of hydrogen-bond acceptors (Lipinski definition) is 6. The second-order valence-electron chi connectivity index (χ2n) is 7.34. The summed E-state index contributed by atoms with van der Waals surface area (Å²) in [5.74, 6) is 0.889. The molecule has 7 nitrogen and oxygen atoms in total. The lowest BCUT2D eigenvalue weighted by atomic mass is 9.93. The third-order valence-corrected chi connectivity index (χ3v) is 6.71. The summed E-state index contributed by atoms with van der Waals surface area (Å²) in [5, 5.41) is 12.5. The zero-order chi connectivity index (χ0) is 20.8. The fraction of sp³-hybridized carbons (Fsp3) is 0.650. The molecule has 0 saturated carbocycles. The fourth-order valence-corrected chi connectivity index (χ4v) is 4.38. The molecule has 9 heteroatoms. The highest BCUT2D eigenvalue weighted by Crippen LogP contribution is 2.44. The maximum absolute atomic E-state index is 12.9. The van der Waals surface area contributed by atoms with E-state index in [1.54, 1.807) is 13.2 Å². The molecule has 2 heterocycles. The number of rotatable bonds is 7. The Morgan fingerprint density at radius 2 is 2.17 bits per heavy atom. The van der Waals surface area contributed by atoms with E-state index in [9.17, 15) is 4.79 Å². The Morgan fingerprint density at radius 1 is 1.41 bits per heavy atom. The van der Waals surface area contributed by atoms with Crippen molar-refractivity contribution in [3.63, 3.8) is 0 Å². The number of nitrogens with zero attached hydrogens (tertiary/aromatic N) is 1. The van der Waals surface area contributed by atoms with Gasteiger partial charge in [0.05, 0.1) is 34.4 Å². The van der Waals surface area contributed by atoms with E-state index in [2.05, 4.69) is 26.1 Å². The molecule has 0 bridgehead atoms. The molecule has 2 atom stereocenters. The summed E-state index contributed by atoms with van der Waals surface area (Å²) < 4.78 is 17.8. The predicted molar refractivity (Wildman–Crippen MR) is 114 cm³/mol. The number of amides is 1. The lowest BCUT2D eigenvalue weighted by Gasteiger charge is -2.37. The van der Waals surface area contributed by atoms with Crippen molar-refractivity contribution in [1.29, 1.82) is 0 Å². The summed E-state index contributed by atoms with van der Waals surface area (Å²) in [6.45, 7) is 4.28. The van der Waals surface area contributed by atoms with Crippen LogP contribution in [-0.2, 0) is 4.74 Å². The molecule has 1 aromatic rings. The summed E-state index contributed by atoms with van der Waals surface area (Å²) in [6, 6.07) is 1.61. The van der Waals surface area contributed by atoms with Crippen LogP contribution in [0.1, 0.15) is 29.6 Å². The molecule has 2 N–H and O–H groups in total. The van der Waals surface area contributed by atoms with Crippen LogP contribution in [0.25, 0.3) is 0 Å². The Morgan fingerprint density at radius 3 is 2.90 bits per heavy atom. The van der Waals surface area contributed by atoms with Crippen LogP contribution in [0.3, 0.4) is 0 Å². The topological polar surface area (TPSA) is 80.3 Å². The van der Waals surface area contributed by atoms with Gasteiger partial charge >= 0.3 is 0 Å². The zero-order valence-electron chi connectivity index (χ0n) is 16.6. The second kappa shape index (κ2) is 10.8. The van der Waals surface area contributed by atoms with Gasteiger partial charge in [0.1, 0.15) is 0 Å². The van der Waals surface area contributed by atoms with Gasteiger partial charge in [-0.2, -0.15) is 0 Å². The van der Waals surface area contributed by atoms with E-state index in [4.69, 9.17) is 30.9 Å². The average Bonchev–Trinajstić information content (AvgIpc) is 2.99. The number of methoxy groups -OCH3 is 1. The highest BCUT2D eigenvalue weighted by atomic mass is 79.9. The van der Waals surface area contributed by atoms with Gasteiger partial charge < -0.3 is 29.5 Å². The number of likely N-dealkylation sites (tertiary alicyclic amines) is 1. The maximum atomic E-state index is 12.9. The van der Waals surface area contributed by atoms with Gasteiger partial charge in [-0.3, -0.25) is 4.79 Å². The SMILES string of the molecule is COC1CN(CCCO)CCC1CNC(=O)c1cc(Cl)c(Br)c2c1OCCCO2. The number of aliphatic hydroxyl groups is 1.